The summed E-state index contributed by atoms with van der Waals surface area (Å²) >= 11 is 0. The van der Waals surface area contributed by atoms with Crippen LogP contribution in [-0.4, -0.2) is 54.8 Å². The van der Waals surface area contributed by atoms with E-state index in [-0.39, 0.29) is 19.0 Å². The number of aryl methyl sites for hydroxylation is 2. The molecule has 2 rings (SSSR count). The van der Waals surface area contributed by atoms with Crippen LogP contribution in [0.15, 0.2) is 30.3 Å². The van der Waals surface area contributed by atoms with Crippen molar-refractivity contribution in [2.24, 2.45) is 0 Å². The first-order chi connectivity index (χ1) is 11.2. The maximum Gasteiger partial charge on any atom is 0.251 e. The molecule has 130 valence electrons. The SMILES string of the molecule is Cc1cc(C)n(-c2ccc(C(=O)NCCN(C)S(C)(=O)=O)cc2)n1. The Bertz CT molecular complexity index is 826. The lowest BCUT2D eigenvalue weighted by molar-refractivity contribution is 0.0952. The van der Waals surface area contributed by atoms with Gasteiger partial charge in [-0.1, -0.05) is 0 Å². The summed E-state index contributed by atoms with van der Waals surface area (Å²) < 4.78 is 25.6. The van der Waals surface area contributed by atoms with Crippen LogP contribution in [0.3, 0.4) is 0 Å². The zero-order valence-electron chi connectivity index (χ0n) is 14.3. The number of carbonyl (C=O) groups excluding carboxylic acids is 1. The van der Waals surface area contributed by atoms with Crippen molar-refractivity contribution >= 4 is 15.9 Å². The second-order valence-electron chi connectivity index (χ2n) is 5.73. The molecule has 1 amide bonds. The van der Waals surface area contributed by atoms with Crippen LogP contribution >= 0.6 is 0 Å². The Morgan fingerprint density at radius 1 is 1.25 bits per heavy atom. The van der Waals surface area contributed by atoms with Crippen LogP contribution in [0.4, 0.5) is 0 Å². The van der Waals surface area contributed by atoms with Crippen molar-refractivity contribution in [3.05, 3.63) is 47.3 Å². The third-order valence-electron chi connectivity index (χ3n) is 3.66. The Morgan fingerprint density at radius 3 is 2.38 bits per heavy atom. The number of rotatable bonds is 6. The number of benzene rings is 1. The highest BCUT2D eigenvalue weighted by atomic mass is 32.2. The van der Waals surface area contributed by atoms with Gasteiger partial charge in [0, 0.05) is 31.4 Å². The number of likely N-dealkylation sites (N-methyl/N-ethyl adjacent to an activating group) is 1. The predicted octanol–water partition coefficient (Wildman–Crippen LogP) is 1.11. The van der Waals surface area contributed by atoms with E-state index in [2.05, 4.69) is 10.4 Å². The summed E-state index contributed by atoms with van der Waals surface area (Å²) in [5.41, 5.74) is 3.36. The Hall–Kier alpha value is -2.19. The molecule has 0 radical (unpaired) electrons. The van der Waals surface area contributed by atoms with Crippen molar-refractivity contribution in [2.45, 2.75) is 13.8 Å². The van der Waals surface area contributed by atoms with E-state index in [9.17, 15) is 13.2 Å². The van der Waals surface area contributed by atoms with E-state index in [0.717, 1.165) is 23.3 Å². The van der Waals surface area contributed by atoms with Crippen molar-refractivity contribution < 1.29 is 13.2 Å². The minimum absolute atomic E-state index is 0.231. The van der Waals surface area contributed by atoms with E-state index in [1.54, 1.807) is 12.1 Å². The van der Waals surface area contributed by atoms with E-state index >= 15 is 0 Å². The number of nitrogens with one attached hydrogen (secondary N) is 1. The molecule has 0 bridgehead atoms. The fourth-order valence-corrected chi connectivity index (χ4v) is 2.66. The van der Waals surface area contributed by atoms with Gasteiger partial charge in [-0.3, -0.25) is 4.79 Å². The number of sulfonamides is 1. The summed E-state index contributed by atoms with van der Waals surface area (Å²) in [4.78, 5) is 12.1. The third kappa shape index (κ3) is 4.42. The van der Waals surface area contributed by atoms with Crippen molar-refractivity contribution in [1.29, 1.82) is 0 Å². The fraction of sp³-hybridized carbons (Fsp3) is 0.375. The summed E-state index contributed by atoms with van der Waals surface area (Å²) in [6.07, 6.45) is 1.13. The molecular formula is C16H22N4O3S. The van der Waals surface area contributed by atoms with Crippen molar-refractivity contribution in [3.8, 4) is 5.69 Å². The molecule has 1 heterocycles. The van der Waals surface area contributed by atoms with Gasteiger partial charge in [-0.2, -0.15) is 5.10 Å². The molecule has 1 aromatic carbocycles. The summed E-state index contributed by atoms with van der Waals surface area (Å²) in [6, 6.07) is 9.09. The second kappa shape index (κ2) is 7.14. The molecule has 0 atom stereocenters. The summed E-state index contributed by atoms with van der Waals surface area (Å²) in [6.45, 7) is 4.38. The summed E-state index contributed by atoms with van der Waals surface area (Å²) in [5.74, 6) is -0.239. The molecule has 2 aromatic rings. The molecule has 0 unspecified atom stereocenters. The second-order valence-corrected chi connectivity index (χ2v) is 7.82. The van der Waals surface area contributed by atoms with Gasteiger partial charge >= 0.3 is 0 Å². The molecular weight excluding hydrogens is 328 g/mol. The standard InChI is InChI=1S/C16H22N4O3S/c1-12-11-13(2)20(18-12)15-7-5-14(6-8-15)16(21)17-9-10-19(3)24(4,22)23/h5-8,11H,9-10H2,1-4H3,(H,17,21). The molecule has 0 aliphatic carbocycles. The highest BCUT2D eigenvalue weighted by Crippen LogP contribution is 2.13. The quantitative estimate of drug-likeness (QED) is 0.846. The Balaban J connectivity index is 1.98. The van der Waals surface area contributed by atoms with Gasteiger partial charge in [0.05, 0.1) is 17.6 Å². The lowest BCUT2D eigenvalue weighted by Gasteiger charge is -2.14. The molecule has 1 aromatic heterocycles. The van der Waals surface area contributed by atoms with E-state index < -0.39 is 10.0 Å². The topological polar surface area (TPSA) is 84.3 Å². The first-order valence-electron chi connectivity index (χ1n) is 7.51. The van der Waals surface area contributed by atoms with Gasteiger partial charge in [-0.15, -0.1) is 0 Å². The highest BCUT2D eigenvalue weighted by molar-refractivity contribution is 7.88. The number of hydrogen-bond donors (Lipinski definition) is 1. The molecule has 1 N–H and O–H groups in total. The zero-order chi connectivity index (χ0) is 17.9. The number of hydrogen-bond acceptors (Lipinski definition) is 4. The third-order valence-corrected chi connectivity index (χ3v) is 4.98. The van der Waals surface area contributed by atoms with Crippen molar-refractivity contribution in [3.63, 3.8) is 0 Å². The van der Waals surface area contributed by atoms with Gasteiger partial charge in [0.25, 0.3) is 5.91 Å². The lowest BCUT2D eigenvalue weighted by atomic mass is 10.2. The zero-order valence-corrected chi connectivity index (χ0v) is 15.1. The van der Waals surface area contributed by atoms with Crippen LogP contribution in [0, 0.1) is 13.8 Å². The van der Waals surface area contributed by atoms with Crippen LogP contribution < -0.4 is 5.32 Å². The Morgan fingerprint density at radius 2 is 1.88 bits per heavy atom. The fourth-order valence-electron chi connectivity index (χ4n) is 2.24. The molecule has 0 saturated carbocycles. The minimum atomic E-state index is -3.23. The molecule has 0 fully saturated rings. The van der Waals surface area contributed by atoms with Crippen LogP contribution in [-0.2, 0) is 10.0 Å². The lowest BCUT2D eigenvalue weighted by Crippen LogP contribution is -2.35. The van der Waals surface area contributed by atoms with E-state index in [1.807, 2.05) is 36.7 Å². The van der Waals surface area contributed by atoms with Gasteiger partial charge in [-0.05, 0) is 44.2 Å². The molecule has 7 nitrogen and oxygen atoms in total. The van der Waals surface area contributed by atoms with E-state index in [4.69, 9.17) is 0 Å². The number of nitrogens with zero attached hydrogens (tertiary/aromatic N) is 3. The van der Waals surface area contributed by atoms with Gasteiger partial charge in [-0.25, -0.2) is 17.4 Å². The van der Waals surface area contributed by atoms with Gasteiger partial charge in [0.1, 0.15) is 0 Å². The smallest absolute Gasteiger partial charge is 0.251 e. The van der Waals surface area contributed by atoms with E-state index in [1.165, 1.54) is 11.4 Å². The molecule has 0 aliphatic heterocycles. The van der Waals surface area contributed by atoms with Gasteiger partial charge in [0.2, 0.25) is 10.0 Å². The van der Waals surface area contributed by atoms with Crippen LogP contribution in [0.1, 0.15) is 21.7 Å². The number of carbonyl (C=O) groups is 1. The maximum atomic E-state index is 12.1. The van der Waals surface area contributed by atoms with Crippen molar-refractivity contribution in [1.82, 2.24) is 19.4 Å². The Labute approximate surface area is 142 Å². The average Bonchev–Trinajstić information content (AvgIpc) is 2.85. The normalized spacial score (nSPS) is 11.7. The molecule has 8 heteroatoms. The van der Waals surface area contributed by atoms with E-state index in [0.29, 0.717) is 5.56 Å². The number of aromatic nitrogens is 2. The highest BCUT2D eigenvalue weighted by Gasteiger charge is 2.11. The number of amides is 1. The largest absolute Gasteiger partial charge is 0.351 e. The monoisotopic (exact) mass is 350 g/mol. The van der Waals surface area contributed by atoms with Gasteiger partial charge in [0.15, 0.2) is 0 Å². The molecule has 24 heavy (non-hydrogen) atoms. The Kier molecular flexibility index (Phi) is 5.40. The summed E-state index contributed by atoms with van der Waals surface area (Å²) in [7, 11) is -1.75. The van der Waals surface area contributed by atoms with Crippen LogP contribution in [0.25, 0.3) is 5.69 Å². The van der Waals surface area contributed by atoms with Crippen molar-refractivity contribution in [2.75, 3.05) is 26.4 Å². The first-order valence-corrected chi connectivity index (χ1v) is 9.36. The molecule has 0 aliphatic rings. The maximum absolute atomic E-state index is 12.1. The predicted molar refractivity (Wildman–Crippen MR) is 92.8 cm³/mol. The first kappa shape index (κ1) is 18.2. The average molecular weight is 350 g/mol. The summed E-state index contributed by atoms with van der Waals surface area (Å²) in [5, 5.41) is 7.11. The van der Waals surface area contributed by atoms with Gasteiger partial charge < -0.3 is 5.32 Å². The van der Waals surface area contributed by atoms with Crippen LogP contribution in [0.5, 0.6) is 0 Å². The minimum Gasteiger partial charge on any atom is -0.351 e. The van der Waals surface area contributed by atoms with Crippen LogP contribution in [0.2, 0.25) is 0 Å². The molecule has 0 spiro atoms. The molecule has 0 saturated heterocycles.